The van der Waals surface area contributed by atoms with E-state index in [-0.39, 0.29) is 23.8 Å². The minimum Gasteiger partial charge on any atom is -0.355 e. The summed E-state index contributed by atoms with van der Waals surface area (Å²) in [5, 5.41) is 5.72. The first-order chi connectivity index (χ1) is 12.6. The smallest absolute Gasteiger partial charge is 0.325 e. The molecule has 0 radical (unpaired) electrons. The van der Waals surface area contributed by atoms with Gasteiger partial charge in [0.1, 0.15) is 12.1 Å². The molecule has 1 aliphatic carbocycles. The lowest BCUT2D eigenvalue weighted by Gasteiger charge is -2.42. The number of nitrogens with zero attached hydrogens (tertiary/aromatic N) is 1. The molecule has 0 aromatic carbocycles. The first-order valence-electron chi connectivity index (χ1n) is 10.5. The lowest BCUT2D eigenvalue weighted by Crippen LogP contribution is -2.51. The van der Waals surface area contributed by atoms with Gasteiger partial charge in [-0.05, 0) is 55.8 Å². The number of hydrogen-bond acceptors (Lipinski definition) is 3. The molecule has 0 aromatic rings. The highest BCUT2D eigenvalue weighted by Crippen LogP contribution is 2.45. The molecule has 1 heterocycles. The fraction of sp³-hybridized carbons (Fsp3) is 0.857. The molecule has 1 spiro atoms. The van der Waals surface area contributed by atoms with Gasteiger partial charge >= 0.3 is 6.03 Å². The number of amides is 4. The van der Waals surface area contributed by atoms with Gasteiger partial charge in [0.25, 0.3) is 5.91 Å². The minimum absolute atomic E-state index is 0.183. The zero-order valence-electron chi connectivity index (χ0n) is 17.7. The Bertz CT molecular complexity index is 563. The standard InChI is InChI=1S/C21H37N3O3/c1-6-20(4,5)16-9-11-21(12-10-16)18(26)24(19(27)23-21)14-17(25)22-13-7-8-15(2)3/h15-16H,6-14H2,1-5H3,(H,22,25)(H,23,27). The highest BCUT2D eigenvalue weighted by atomic mass is 16.2. The molecule has 0 aromatic heterocycles. The Morgan fingerprint density at radius 2 is 1.93 bits per heavy atom. The van der Waals surface area contributed by atoms with Crippen LogP contribution in [0.15, 0.2) is 0 Å². The predicted molar refractivity (Wildman–Crippen MR) is 106 cm³/mol. The Hall–Kier alpha value is -1.59. The van der Waals surface area contributed by atoms with Crippen molar-refractivity contribution < 1.29 is 14.4 Å². The van der Waals surface area contributed by atoms with Gasteiger partial charge in [0.15, 0.2) is 0 Å². The number of hydrogen-bond donors (Lipinski definition) is 2. The van der Waals surface area contributed by atoms with Crippen molar-refractivity contribution in [3.05, 3.63) is 0 Å². The van der Waals surface area contributed by atoms with Gasteiger partial charge < -0.3 is 10.6 Å². The van der Waals surface area contributed by atoms with Gasteiger partial charge in [0.2, 0.25) is 5.91 Å². The van der Waals surface area contributed by atoms with Crippen LogP contribution in [0.1, 0.15) is 79.6 Å². The molecule has 6 heteroatoms. The van der Waals surface area contributed by atoms with Crippen molar-refractivity contribution in [1.82, 2.24) is 15.5 Å². The summed E-state index contributed by atoms with van der Waals surface area (Å²) in [6.45, 7) is 11.4. The van der Waals surface area contributed by atoms with Gasteiger partial charge in [-0.3, -0.25) is 14.5 Å². The molecule has 154 valence electrons. The minimum atomic E-state index is -0.796. The average molecular weight is 380 g/mol. The van der Waals surface area contributed by atoms with Crippen LogP contribution in [0.2, 0.25) is 0 Å². The van der Waals surface area contributed by atoms with E-state index < -0.39 is 11.6 Å². The van der Waals surface area contributed by atoms with Crippen LogP contribution in [-0.2, 0) is 9.59 Å². The third kappa shape index (κ3) is 5.02. The SMILES string of the molecule is CCC(C)(C)C1CCC2(CC1)NC(=O)N(CC(=O)NCCCC(C)C)C2=O. The van der Waals surface area contributed by atoms with Gasteiger partial charge in [0.05, 0.1) is 0 Å². The van der Waals surface area contributed by atoms with Crippen molar-refractivity contribution >= 4 is 17.8 Å². The first-order valence-corrected chi connectivity index (χ1v) is 10.5. The van der Waals surface area contributed by atoms with E-state index in [0.29, 0.717) is 31.2 Å². The molecule has 2 aliphatic rings. The number of urea groups is 1. The van der Waals surface area contributed by atoms with Crippen LogP contribution in [0.4, 0.5) is 4.79 Å². The molecule has 0 unspecified atom stereocenters. The van der Waals surface area contributed by atoms with E-state index >= 15 is 0 Å². The van der Waals surface area contributed by atoms with Crippen LogP contribution in [0, 0.1) is 17.3 Å². The number of nitrogens with one attached hydrogen (secondary N) is 2. The molecular weight excluding hydrogens is 342 g/mol. The Kier molecular flexibility index (Phi) is 6.92. The quantitative estimate of drug-likeness (QED) is 0.501. The Labute approximate surface area is 163 Å². The fourth-order valence-electron chi connectivity index (χ4n) is 4.28. The lowest BCUT2D eigenvalue weighted by atomic mass is 9.65. The number of carbonyl (C=O) groups excluding carboxylic acids is 3. The molecule has 1 saturated heterocycles. The van der Waals surface area contributed by atoms with E-state index in [4.69, 9.17) is 0 Å². The van der Waals surface area contributed by atoms with Gasteiger partial charge in [-0.1, -0.05) is 41.0 Å². The van der Waals surface area contributed by atoms with E-state index in [1.807, 2.05) is 0 Å². The molecule has 4 amide bonds. The van der Waals surface area contributed by atoms with E-state index in [0.717, 1.165) is 37.0 Å². The van der Waals surface area contributed by atoms with Gasteiger partial charge in [-0.2, -0.15) is 0 Å². The lowest BCUT2D eigenvalue weighted by molar-refractivity contribution is -0.136. The Morgan fingerprint density at radius 3 is 2.48 bits per heavy atom. The Balaban J connectivity index is 1.89. The summed E-state index contributed by atoms with van der Waals surface area (Å²) in [6, 6.07) is -0.425. The zero-order valence-corrected chi connectivity index (χ0v) is 17.7. The summed E-state index contributed by atoms with van der Waals surface area (Å²) in [5.41, 5.74) is -0.543. The van der Waals surface area contributed by atoms with Crippen LogP contribution in [0.25, 0.3) is 0 Å². The van der Waals surface area contributed by atoms with Crippen molar-refractivity contribution in [2.24, 2.45) is 17.3 Å². The summed E-state index contributed by atoms with van der Waals surface area (Å²) in [6.07, 6.45) is 6.25. The summed E-state index contributed by atoms with van der Waals surface area (Å²) in [7, 11) is 0. The molecule has 2 rings (SSSR count). The van der Waals surface area contributed by atoms with E-state index in [1.165, 1.54) is 0 Å². The van der Waals surface area contributed by atoms with E-state index in [2.05, 4.69) is 45.3 Å². The highest BCUT2D eigenvalue weighted by molar-refractivity contribution is 6.09. The van der Waals surface area contributed by atoms with Crippen molar-refractivity contribution in [2.75, 3.05) is 13.1 Å². The van der Waals surface area contributed by atoms with Crippen molar-refractivity contribution in [1.29, 1.82) is 0 Å². The van der Waals surface area contributed by atoms with E-state index in [1.54, 1.807) is 0 Å². The highest BCUT2D eigenvalue weighted by Gasteiger charge is 2.53. The molecule has 2 fully saturated rings. The molecule has 0 bridgehead atoms. The van der Waals surface area contributed by atoms with Crippen molar-refractivity contribution in [2.45, 2.75) is 85.1 Å². The molecular formula is C21H37N3O3. The Morgan fingerprint density at radius 1 is 1.30 bits per heavy atom. The third-order valence-electron chi connectivity index (χ3n) is 6.68. The third-order valence-corrected chi connectivity index (χ3v) is 6.68. The largest absolute Gasteiger partial charge is 0.355 e. The topological polar surface area (TPSA) is 78.5 Å². The summed E-state index contributed by atoms with van der Waals surface area (Å²) < 4.78 is 0. The normalized spacial score (nSPS) is 26.0. The summed E-state index contributed by atoms with van der Waals surface area (Å²) >= 11 is 0. The maximum absolute atomic E-state index is 12.9. The number of rotatable bonds is 8. The first kappa shape index (κ1) is 21.7. The molecule has 2 N–H and O–H groups in total. The second kappa shape index (κ2) is 8.61. The zero-order chi connectivity index (χ0) is 20.2. The van der Waals surface area contributed by atoms with Gasteiger partial charge in [0, 0.05) is 6.54 Å². The van der Waals surface area contributed by atoms with Crippen LogP contribution >= 0.6 is 0 Å². The number of imide groups is 1. The predicted octanol–water partition coefficient (Wildman–Crippen LogP) is 3.46. The molecule has 0 atom stereocenters. The molecule has 6 nitrogen and oxygen atoms in total. The maximum atomic E-state index is 12.9. The van der Waals surface area contributed by atoms with Gasteiger partial charge in [-0.15, -0.1) is 0 Å². The van der Waals surface area contributed by atoms with Gasteiger partial charge in [-0.25, -0.2) is 4.79 Å². The number of carbonyl (C=O) groups is 3. The monoisotopic (exact) mass is 379 g/mol. The average Bonchev–Trinajstić information content (AvgIpc) is 2.83. The fourth-order valence-corrected chi connectivity index (χ4v) is 4.28. The van der Waals surface area contributed by atoms with Crippen LogP contribution in [0.3, 0.4) is 0 Å². The summed E-state index contributed by atoms with van der Waals surface area (Å²) in [4.78, 5) is 38.5. The van der Waals surface area contributed by atoms with Crippen LogP contribution in [0.5, 0.6) is 0 Å². The maximum Gasteiger partial charge on any atom is 0.325 e. The molecule has 1 aliphatic heterocycles. The second-order valence-electron chi connectivity index (χ2n) is 9.41. The second-order valence-corrected chi connectivity index (χ2v) is 9.41. The summed E-state index contributed by atoms with van der Waals surface area (Å²) in [5.74, 6) is 0.675. The molecule has 27 heavy (non-hydrogen) atoms. The van der Waals surface area contributed by atoms with Crippen LogP contribution < -0.4 is 10.6 Å². The van der Waals surface area contributed by atoms with E-state index in [9.17, 15) is 14.4 Å². The molecule has 1 saturated carbocycles. The van der Waals surface area contributed by atoms with Crippen molar-refractivity contribution in [3.63, 3.8) is 0 Å². The van der Waals surface area contributed by atoms with Crippen LogP contribution in [-0.4, -0.2) is 41.4 Å². The van der Waals surface area contributed by atoms with Crippen molar-refractivity contribution in [3.8, 4) is 0 Å².